The van der Waals surface area contributed by atoms with Gasteiger partial charge >= 0.3 is 5.97 Å². The lowest BCUT2D eigenvalue weighted by molar-refractivity contribution is 0.0317. The number of ether oxygens (including phenoxy) is 1. The summed E-state index contributed by atoms with van der Waals surface area (Å²) in [5.74, 6) is -0.357. The molecule has 0 saturated heterocycles. The van der Waals surface area contributed by atoms with Gasteiger partial charge in [-0.15, -0.1) is 11.3 Å². The van der Waals surface area contributed by atoms with Crippen LogP contribution >= 0.6 is 11.3 Å². The summed E-state index contributed by atoms with van der Waals surface area (Å²) in [6, 6.07) is -0.139. The molecule has 4 nitrogen and oxygen atoms in total. The molecule has 0 amide bonds. The predicted molar refractivity (Wildman–Crippen MR) is 64.5 cm³/mol. The molecule has 0 aliphatic heterocycles. The molecule has 0 aliphatic rings. The van der Waals surface area contributed by atoms with Crippen molar-refractivity contribution in [2.45, 2.75) is 45.8 Å². The molecule has 5 heteroatoms. The van der Waals surface area contributed by atoms with Gasteiger partial charge < -0.3 is 10.5 Å². The Bertz CT molecular complexity index is 350. The molecule has 0 fully saturated rings. The standard InChI is InChI=1S/C11H18N2O2S/c1-4-5-7(2)15-11(14)9-6-16-10(13-9)8(3)12/h6-8H,4-5,12H2,1-3H3. The third-order valence-electron chi connectivity index (χ3n) is 2.12. The summed E-state index contributed by atoms with van der Waals surface area (Å²) in [5, 5.41) is 2.45. The van der Waals surface area contributed by atoms with Crippen molar-refractivity contribution in [3.63, 3.8) is 0 Å². The highest BCUT2D eigenvalue weighted by atomic mass is 32.1. The number of esters is 1. The molecule has 0 spiro atoms. The normalized spacial score (nSPS) is 14.5. The molecule has 0 aromatic carbocycles. The second-order valence-corrected chi connectivity index (χ2v) is 4.75. The molecule has 1 heterocycles. The Morgan fingerprint density at radius 3 is 2.81 bits per heavy atom. The molecule has 1 aromatic heterocycles. The van der Waals surface area contributed by atoms with Gasteiger partial charge in [0.05, 0.1) is 12.1 Å². The molecule has 2 unspecified atom stereocenters. The topological polar surface area (TPSA) is 65.2 Å². The second-order valence-electron chi connectivity index (χ2n) is 3.86. The van der Waals surface area contributed by atoms with Gasteiger partial charge in [-0.1, -0.05) is 13.3 Å². The van der Waals surface area contributed by atoms with Crippen molar-refractivity contribution in [3.8, 4) is 0 Å². The highest BCUT2D eigenvalue weighted by molar-refractivity contribution is 7.09. The van der Waals surface area contributed by atoms with Crippen molar-refractivity contribution >= 4 is 17.3 Å². The summed E-state index contributed by atoms with van der Waals surface area (Å²) in [7, 11) is 0. The fourth-order valence-electron chi connectivity index (χ4n) is 1.30. The van der Waals surface area contributed by atoms with Crippen molar-refractivity contribution in [3.05, 3.63) is 16.1 Å². The van der Waals surface area contributed by atoms with Crippen molar-refractivity contribution in [1.82, 2.24) is 4.98 Å². The molecule has 0 aliphatic carbocycles. The lowest BCUT2D eigenvalue weighted by Gasteiger charge is -2.10. The van der Waals surface area contributed by atoms with Crippen LogP contribution in [0.25, 0.3) is 0 Å². The minimum atomic E-state index is -0.357. The van der Waals surface area contributed by atoms with Gasteiger partial charge in [0.1, 0.15) is 5.01 Å². The van der Waals surface area contributed by atoms with E-state index in [1.54, 1.807) is 5.38 Å². The van der Waals surface area contributed by atoms with E-state index in [2.05, 4.69) is 11.9 Å². The molecule has 1 aromatic rings. The van der Waals surface area contributed by atoms with Gasteiger partial charge in [0, 0.05) is 5.38 Å². The molecule has 0 bridgehead atoms. The number of nitrogens with zero attached hydrogens (tertiary/aromatic N) is 1. The Labute approximate surface area is 99.8 Å². The van der Waals surface area contributed by atoms with E-state index in [4.69, 9.17) is 10.5 Å². The molecule has 2 atom stereocenters. The van der Waals surface area contributed by atoms with Crippen LogP contribution in [0.5, 0.6) is 0 Å². The molecule has 90 valence electrons. The molecular formula is C11H18N2O2S. The van der Waals surface area contributed by atoms with Crippen LogP contribution < -0.4 is 5.73 Å². The van der Waals surface area contributed by atoms with Gasteiger partial charge in [-0.3, -0.25) is 0 Å². The predicted octanol–water partition coefficient (Wildman–Crippen LogP) is 2.51. The molecule has 0 radical (unpaired) electrons. The van der Waals surface area contributed by atoms with Crippen LogP contribution in [0.2, 0.25) is 0 Å². The molecule has 2 N–H and O–H groups in total. The van der Waals surface area contributed by atoms with Gasteiger partial charge in [0.25, 0.3) is 0 Å². The first-order valence-corrected chi connectivity index (χ1v) is 6.34. The Morgan fingerprint density at radius 1 is 1.62 bits per heavy atom. The van der Waals surface area contributed by atoms with E-state index in [-0.39, 0.29) is 18.1 Å². The number of carbonyl (C=O) groups excluding carboxylic acids is 1. The third kappa shape index (κ3) is 3.57. The Hall–Kier alpha value is -0.940. The van der Waals surface area contributed by atoms with E-state index >= 15 is 0 Å². The maximum atomic E-state index is 11.6. The zero-order valence-corrected chi connectivity index (χ0v) is 10.7. The first kappa shape index (κ1) is 13.1. The van der Waals surface area contributed by atoms with Gasteiger partial charge in [-0.25, -0.2) is 9.78 Å². The first-order chi connectivity index (χ1) is 7.54. The Morgan fingerprint density at radius 2 is 2.31 bits per heavy atom. The highest BCUT2D eigenvalue weighted by Crippen LogP contribution is 2.17. The number of thiazole rings is 1. The molecule has 1 rings (SSSR count). The summed E-state index contributed by atoms with van der Waals surface area (Å²) in [6.45, 7) is 5.79. The van der Waals surface area contributed by atoms with Crippen LogP contribution in [0.1, 0.15) is 55.2 Å². The van der Waals surface area contributed by atoms with E-state index in [1.165, 1.54) is 11.3 Å². The quantitative estimate of drug-likeness (QED) is 0.806. The summed E-state index contributed by atoms with van der Waals surface area (Å²) < 4.78 is 5.23. The highest BCUT2D eigenvalue weighted by Gasteiger charge is 2.16. The third-order valence-corrected chi connectivity index (χ3v) is 3.17. The lowest BCUT2D eigenvalue weighted by Crippen LogP contribution is -2.15. The Balaban J connectivity index is 2.59. The number of rotatable bonds is 5. The maximum absolute atomic E-state index is 11.6. The Kier molecular flexibility index (Phi) is 4.89. The smallest absolute Gasteiger partial charge is 0.358 e. The number of hydrogen-bond donors (Lipinski definition) is 1. The molecule has 16 heavy (non-hydrogen) atoms. The summed E-state index contributed by atoms with van der Waals surface area (Å²) in [4.78, 5) is 15.8. The van der Waals surface area contributed by atoms with E-state index in [9.17, 15) is 4.79 Å². The van der Waals surface area contributed by atoms with Crippen LogP contribution in [-0.2, 0) is 4.74 Å². The average molecular weight is 242 g/mol. The zero-order chi connectivity index (χ0) is 12.1. The number of aromatic nitrogens is 1. The summed E-state index contributed by atoms with van der Waals surface area (Å²) >= 11 is 1.39. The number of hydrogen-bond acceptors (Lipinski definition) is 5. The van der Waals surface area contributed by atoms with Crippen LogP contribution in [0.15, 0.2) is 5.38 Å². The maximum Gasteiger partial charge on any atom is 0.358 e. The van der Waals surface area contributed by atoms with Crippen LogP contribution in [-0.4, -0.2) is 17.1 Å². The van der Waals surface area contributed by atoms with E-state index in [0.717, 1.165) is 17.8 Å². The van der Waals surface area contributed by atoms with Crippen molar-refractivity contribution in [1.29, 1.82) is 0 Å². The van der Waals surface area contributed by atoms with E-state index in [1.807, 2.05) is 13.8 Å². The van der Waals surface area contributed by atoms with Crippen LogP contribution in [0.3, 0.4) is 0 Å². The van der Waals surface area contributed by atoms with Crippen molar-refractivity contribution < 1.29 is 9.53 Å². The molecular weight excluding hydrogens is 224 g/mol. The monoisotopic (exact) mass is 242 g/mol. The van der Waals surface area contributed by atoms with E-state index in [0.29, 0.717) is 5.69 Å². The van der Waals surface area contributed by atoms with Gasteiger partial charge in [-0.05, 0) is 20.3 Å². The molecule has 0 saturated carbocycles. The second kappa shape index (κ2) is 5.96. The summed E-state index contributed by atoms with van der Waals surface area (Å²) in [5.41, 5.74) is 6.03. The SMILES string of the molecule is CCCC(C)OC(=O)c1csc(C(C)N)n1. The average Bonchev–Trinajstić information content (AvgIpc) is 2.66. The van der Waals surface area contributed by atoms with Crippen molar-refractivity contribution in [2.75, 3.05) is 0 Å². The van der Waals surface area contributed by atoms with Crippen LogP contribution in [0, 0.1) is 0 Å². The van der Waals surface area contributed by atoms with Crippen LogP contribution in [0.4, 0.5) is 0 Å². The van der Waals surface area contributed by atoms with E-state index < -0.39 is 0 Å². The first-order valence-electron chi connectivity index (χ1n) is 5.46. The fourth-order valence-corrected chi connectivity index (χ4v) is 2.05. The van der Waals surface area contributed by atoms with Gasteiger partial charge in [-0.2, -0.15) is 0 Å². The summed E-state index contributed by atoms with van der Waals surface area (Å²) in [6.07, 6.45) is 1.81. The lowest BCUT2D eigenvalue weighted by atomic mass is 10.2. The van der Waals surface area contributed by atoms with Crippen molar-refractivity contribution in [2.24, 2.45) is 5.73 Å². The minimum Gasteiger partial charge on any atom is -0.458 e. The number of nitrogens with two attached hydrogens (primary N) is 1. The fraction of sp³-hybridized carbons (Fsp3) is 0.636. The largest absolute Gasteiger partial charge is 0.458 e. The zero-order valence-electron chi connectivity index (χ0n) is 9.90. The number of carbonyl (C=O) groups is 1. The van der Waals surface area contributed by atoms with Gasteiger partial charge in [0.15, 0.2) is 5.69 Å². The minimum absolute atomic E-state index is 0.0575. The van der Waals surface area contributed by atoms with Gasteiger partial charge in [0.2, 0.25) is 0 Å².